The molecule has 0 aliphatic heterocycles. The molecular weight excluding hydrogens is 256 g/mol. The van der Waals surface area contributed by atoms with Crippen molar-refractivity contribution in [2.24, 2.45) is 0 Å². The molecule has 0 unspecified atom stereocenters. The maximum absolute atomic E-state index is 11.6. The number of ether oxygens (including phenoxy) is 1. The maximum Gasteiger partial charge on any atom is 0.358 e. The maximum atomic E-state index is 11.6. The number of carbonyl (C=O) groups is 1. The van der Waals surface area contributed by atoms with Crippen LogP contribution in [0.5, 0.6) is 5.75 Å². The van der Waals surface area contributed by atoms with Crippen LogP contribution in [0.25, 0.3) is 0 Å². The van der Waals surface area contributed by atoms with E-state index >= 15 is 0 Å². The summed E-state index contributed by atoms with van der Waals surface area (Å²) < 4.78 is 7.60. The Hall–Kier alpha value is -1.52. The Morgan fingerprint density at radius 2 is 1.80 bits per heavy atom. The van der Waals surface area contributed by atoms with Gasteiger partial charge in [-0.1, -0.05) is 19.3 Å². The summed E-state index contributed by atoms with van der Waals surface area (Å²) in [6, 6.07) is 0.227. The lowest BCUT2D eigenvalue weighted by atomic mass is 9.98. The molecule has 0 saturated heterocycles. The minimum absolute atomic E-state index is 0.156. The molecule has 0 amide bonds. The van der Waals surface area contributed by atoms with E-state index in [2.05, 4.69) is 5.10 Å². The summed E-state index contributed by atoms with van der Waals surface area (Å²) in [5.74, 6) is -0.475. The van der Waals surface area contributed by atoms with Gasteiger partial charge >= 0.3 is 5.97 Å². The summed E-state index contributed by atoms with van der Waals surface area (Å²) >= 11 is 0. The molecule has 1 N–H and O–H groups in total. The van der Waals surface area contributed by atoms with Gasteiger partial charge in [-0.3, -0.25) is 4.68 Å². The molecule has 1 aromatic rings. The predicted molar refractivity (Wildman–Crippen MR) is 74.2 cm³/mol. The average molecular weight is 278 g/mol. The lowest BCUT2D eigenvalue weighted by Gasteiger charge is -2.22. The molecule has 1 aromatic heterocycles. The predicted octanol–water partition coefficient (Wildman–Crippen LogP) is 3.41. The summed E-state index contributed by atoms with van der Waals surface area (Å²) in [4.78, 5) is 11.6. The molecule has 0 aromatic carbocycles. The lowest BCUT2D eigenvalue weighted by Crippen LogP contribution is -2.21. The molecule has 0 spiro atoms. The lowest BCUT2D eigenvalue weighted by molar-refractivity contribution is 0.0668. The third-order valence-corrected chi connectivity index (χ3v) is 4.48. The van der Waals surface area contributed by atoms with Crippen LogP contribution in [-0.4, -0.2) is 27.0 Å². The van der Waals surface area contributed by atoms with Crippen LogP contribution < -0.4 is 4.74 Å². The van der Waals surface area contributed by atoms with Gasteiger partial charge in [-0.05, 0) is 38.5 Å². The van der Waals surface area contributed by atoms with Crippen LogP contribution in [0, 0.1) is 0 Å². The van der Waals surface area contributed by atoms with Crippen molar-refractivity contribution in [1.29, 1.82) is 0 Å². The summed E-state index contributed by atoms with van der Waals surface area (Å²) in [7, 11) is 0. The minimum Gasteiger partial charge on any atom is -0.486 e. The van der Waals surface area contributed by atoms with Crippen molar-refractivity contribution >= 4 is 5.97 Å². The number of aromatic carboxylic acids is 1. The monoisotopic (exact) mass is 278 g/mol. The van der Waals surface area contributed by atoms with Crippen molar-refractivity contribution in [1.82, 2.24) is 9.78 Å². The highest BCUT2D eigenvalue weighted by Crippen LogP contribution is 2.33. The Kier molecular flexibility index (Phi) is 3.94. The molecule has 2 aliphatic carbocycles. The Labute approximate surface area is 118 Å². The summed E-state index contributed by atoms with van der Waals surface area (Å²) in [5, 5.41) is 13.8. The molecule has 2 saturated carbocycles. The van der Waals surface area contributed by atoms with Gasteiger partial charge in [0.25, 0.3) is 0 Å². The number of hydrogen-bond donors (Lipinski definition) is 1. The molecule has 5 heteroatoms. The summed E-state index contributed by atoms with van der Waals surface area (Å²) in [5.41, 5.74) is 0.238. The smallest absolute Gasteiger partial charge is 0.358 e. The minimum atomic E-state index is -0.930. The molecular formula is C15H22N2O3. The summed E-state index contributed by atoms with van der Waals surface area (Å²) in [6.45, 7) is 0. The average Bonchev–Trinajstić information content (AvgIpc) is 3.08. The highest BCUT2D eigenvalue weighted by atomic mass is 16.5. The zero-order valence-corrected chi connectivity index (χ0v) is 11.8. The molecule has 110 valence electrons. The van der Waals surface area contributed by atoms with Crippen LogP contribution in [0.15, 0.2) is 6.20 Å². The van der Waals surface area contributed by atoms with E-state index in [-0.39, 0.29) is 17.8 Å². The fourth-order valence-electron chi connectivity index (χ4n) is 3.42. The Morgan fingerprint density at radius 3 is 2.45 bits per heavy atom. The molecule has 0 bridgehead atoms. The zero-order chi connectivity index (χ0) is 13.9. The van der Waals surface area contributed by atoms with Crippen molar-refractivity contribution in [2.45, 2.75) is 69.9 Å². The molecule has 0 radical (unpaired) electrons. The van der Waals surface area contributed by atoms with Crippen molar-refractivity contribution in [2.75, 3.05) is 0 Å². The topological polar surface area (TPSA) is 64.3 Å². The highest BCUT2D eigenvalue weighted by molar-refractivity contribution is 5.88. The molecule has 5 nitrogen and oxygen atoms in total. The van der Waals surface area contributed by atoms with Gasteiger partial charge in [-0.15, -0.1) is 0 Å². The Balaban J connectivity index is 1.80. The first-order valence-corrected chi connectivity index (χ1v) is 7.73. The van der Waals surface area contributed by atoms with Crippen molar-refractivity contribution in [3.05, 3.63) is 11.9 Å². The van der Waals surface area contributed by atoms with E-state index in [0.717, 1.165) is 38.5 Å². The Morgan fingerprint density at radius 1 is 1.15 bits per heavy atom. The first-order chi connectivity index (χ1) is 9.75. The largest absolute Gasteiger partial charge is 0.486 e. The van der Waals surface area contributed by atoms with E-state index in [1.165, 1.54) is 19.3 Å². The van der Waals surface area contributed by atoms with Crippen LogP contribution >= 0.6 is 0 Å². The first-order valence-electron chi connectivity index (χ1n) is 7.73. The number of carboxylic acids is 1. The van der Waals surface area contributed by atoms with Crippen molar-refractivity contribution in [3.8, 4) is 5.75 Å². The summed E-state index contributed by atoms with van der Waals surface area (Å²) in [6.07, 6.45) is 11.7. The van der Waals surface area contributed by atoms with Crippen LogP contribution in [-0.2, 0) is 0 Å². The van der Waals surface area contributed by atoms with E-state index in [1.54, 1.807) is 10.9 Å². The molecule has 1 heterocycles. The van der Waals surface area contributed by atoms with Crippen LogP contribution in [0.3, 0.4) is 0 Å². The SMILES string of the molecule is O=C(O)c1c(OC2CCCCC2)cnn1C1CCCC1. The van der Waals surface area contributed by atoms with Gasteiger partial charge in [-0.2, -0.15) is 5.10 Å². The van der Waals surface area contributed by atoms with Gasteiger partial charge in [0, 0.05) is 0 Å². The number of hydrogen-bond acceptors (Lipinski definition) is 3. The number of carboxylic acid groups (broad SMARTS) is 1. The van der Waals surface area contributed by atoms with Gasteiger partial charge in [0.1, 0.15) is 0 Å². The molecule has 0 atom stereocenters. The van der Waals surface area contributed by atoms with Crippen LogP contribution in [0.4, 0.5) is 0 Å². The van der Waals surface area contributed by atoms with E-state index in [0.29, 0.717) is 5.75 Å². The number of aromatic nitrogens is 2. The fourth-order valence-corrected chi connectivity index (χ4v) is 3.42. The number of nitrogens with zero attached hydrogens (tertiary/aromatic N) is 2. The van der Waals surface area contributed by atoms with Gasteiger partial charge in [0.15, 0.2) is 11.4 Å². The second kappa shape index (κ2) is 5.85. The van der Waals surface area contributed by atoms with Crippen LogP contribution in [0.1, 0.15) is 74.3 Å². The molecule has 2 fully saturated rings. The molecule has 20 heavy (non-hydrogen) atoms. The second-order valence-electron chi connectivity index (χ2n) is 5.92. The highest BCUT2D eigenvalue weighted by Gasteiger charge is 2.28. The fraction of sp³-hybridized carbons (Fsp3) is 0.733. The van der Waals surface area contributed by atoms with E-state index in [4.69, 9.17) is 4.74 Å². The molecule has 3 rings (SSSR count). The molecule has 2 aliphatic rings. The standard InChI is InChI=1S/C15H22N2O3/c18-15(19)14-13(20-12-8-2-1-3-9-12)10-16-17(14)11-6-4-5-7-11/h10-12H,1-9H2,(H,18,19). The van der Waals surface area contributed by atoms with Gasteiger partial charge in [-0.25, -0.2) is 4.79 Å². The van der Waals surface area contributed by atoms with Gasteiger partial charge in [0.2, 0.25) is 0 Å². The van der Waals surface area contributed by atoms with Crippen LogP contribution in [0.2, 0.25) is 0 Å². The normalized spacial score (nSPS) is 21.2. The quantitative estimate of drug-likeness (QED) is 0.916. The van der Waals surface area contributed by atoms with E-state index in [1.807, 2.05) is 0 Å². The zero-order valence-electron chi connectivity index (χ0n) is 11.8. The second-order valence-corrected chi connectivity index (χ2v) is 5.92. The number of rotatable bonds is 4. The van der Waals surface area contributed by atoms with E-state index < -0.39 is 5.97 Å². The third kappa shape index (κ3) is 2.67. The van der Waals surface area contributed by atoms with Gasteiger partial charge in [0.05, 0.1) is 18.3 Å². The van der Waals surface area contributed by atoms with Crippen molar-refractivity contribution in [3.63, 3.8) is 0 Å². The van der Waals surface area contributed by atoms with E-state index in [9.17, 15) is 9.90 Å². The van der Waals surface area contributed by atoms with Gasteiger partial charge < -0.3 is 9.84 Å². The third-order valence-electron chi connectivity index (χ3n) is 4.48. The van der Waals surface area contributed by atoms with Crippen molar-refractivity contribution < 1.29 is 14.6 Å². The first kappa shape index (κ1) is 13.5. The Bertz CT molecular complexity index is 471.